The van der Waals surface area contributed by atoms with Gasteiger partial charge >= 0.3 is 0 Å². The molecular formula is C22H22N4S2. The predicted octanol–water partition coefficient (Wildman–Crippen LogP) is 4.98. The third kappa shape index (κ3) is 3.79. The van der Waals surface area contributed by atoms with E-state index in [1.807, 2.05) is 24.7 Å². The molecule has 0 saturated heterocycles. The smallest absolute Gasteiger partial charge is 0.125 e. The van der Waals surface area contributed by atoms with E-state index in [9.17, 15) is 0 Å². The molecule has 1 aliphatic heterocycles. The minimum Gasteiger partial charge on any atom is -0.291 e. The molecule has 1 aliphatic rings. The van der Waals surface area contributed by atoms with Crippen LogP contribution in [-0.2, 0) is 13.0 Å². The molecule has 0 saturated carbocycles. The molecule has 0 N–H and O–H groups in total. The quantitative estimate of drug-likeness (QED) is 0.443. The number of rotatable bonds is 5. The van der Waals surface area contributed by atoms with Crippen LogP contribution in [0.2, 0.25) is 0 Å². The molecule has 0 amide bonds. The lowest BCUT2D eigenvalue weighted by Gasteiger charge is -2.32. The highest BCUT2D eigenvalue weighted by Crippen LogP contribution is 2.33. The summed E-state index contributed by atoms with van der Waals surface area (Å²) in [5.41, 5.74) is 6.60. The summed E-state index contributed by atoms with van der Waals surface area (Å²) in [4.78, 5) is 17.5. The molecule has 2 aromatic heterocycles. The average molecular weight is 407 g/mol. The molecule has 0 radical (unpaired) electrons. The molecule has 3 heterocycles. The number of benzene rings is 1. The molecule has 142 valence electrons. The summed E-state index contributed by atoms with van der Waals surface area (Å²) in [6.07, 6.45) is 10.2. The van der Waals surface area contributed by atoms with Crippen molar-refractivity contribution in [2.75, 3.05) is 13.1 Å². The van der Waals surface area contributed by atoms with Crippen LogP contribution < -0.4 is 0 Å². The van der Waals surface area contributed by atoms with Gasteiger partial charge in [-0.25, -0.2) is 9.97 Å². The van der Waals surface area contributed by atoms with Gasteiger partial charge in [-0.1, -0.05) is 18.1 Å². The van der Waals surface area contributed by atoms with Crippen LogP contribution in [0, 0.1) is 12.3 Å². The van der Waals surface area contributed by atoms with E-state index in [4.69, 9.17) is 11.4 Å². The first-order valence-corrected chi connectivity index (χ1v) is 11.0. The first-order chi connectivity index (χ1) is 13.7. The average Bonchev–Trinajstić information content (AvgIpc) is 3.36. The second kappa shape index (κ2) is 8.36. The van der Waals surface area contributed by atoms with Gasteiger partial charge in [-0.2, -0.15) is 0 Å². The molecule has 4 rings (SSSR count). The summed E-state index contributed by atoms with van der Waals surface area (Å²) < 4.78 is 1.24. The Morgan fingerprint density at radius 3 is 3.18 bits per heavy atom. The third-order valence-corrected chi connectivity index (χ3v) is 7.06. The number of thiazole rings is 2. The first-order valence-electron chi connectivity index (χ1n) is 9.35. The third-order valence-electron chi connectivity index (χ3n) is 5.12. The number of hydrogen-bond donors (Lipinski definition) is 0. The van der Waals surface area contributed by atoms with Gasteiger partial charge in [-0.3, -0.25) is 9.89 Å². The minimum atomic E-state index is 0.350. The SMILES string of the molecule is C#CCN=C/C(=C\C)c1nc2c(s1)CN(C(C)c1ccc3scnc3c1)CC2. The normalized spacial score (nSPS) is 16.4. The summed E-state index contributed by atoms with van der Waals surface area (Å²) >= 11 is 3.46. The maximum absolute atomic E-state index is 5.29. The van der Waals surface area contributed by atoms with E-state index in [0.717, 1.165) is 35.6 Å². The van der Waals surface area contributed by atoms with Crippen LogP contribution in [0.25, 0.3) is 15.8 Å². The Kier molecular flexibility index (Phi) is 5.67. The number of aromatic nitrogens is 2. The Hall–Kier alpha value is -2.33. The van der Waals surface area contributed by atoms with Crippen LogP contribution in [0.5, 0.6) is 0 Å². The van der Waals surface area contributed by atoms with Crippen molar-refractivity contribution in [3.05, 3.63) is 50.9 Å². The fraction of sp³-hybridized carbons (Fsp3) is 0.318. The Labute approximate surface area is 173 Å². The van der Waals surface area contributed by atoms with E-state index < -0.39 is 0 Å². The van der Waals surface area contributed by atoms with Crippen molar-refractivity contribution < 1.29 is 0 Å². The van der Waals surface area contributed by atoms with Gasteiger partial charge in [0.2, 0.25) is 0 Å². The lowest BCUT2D eigenvalue weighted by Crippen LogP contribution is -2.32. The molecule has 3 aromatic rings. The van der Waals surface area contributed by atoms with Gasteiger partial charge in [0.1, 0.15) is 5.01 Å². The zero-order valence-electron chi connectivity index (χ0n) is 16.1. The standard InChI is InChI=1S/C22H22N4S2/c1-4-9-23-12-16(5-2)22-25-18-8-10-26(13-21(18)28-22)15(3)17-6-7-20-19(11-17)24-14-27-20/h1,5-7,11-12,14-15H,8-10,13H2,2-3H3/b16-5+,23-12?. The number of nitrogens with zero attached hydrogens (tertiary/aromatic N) is 4. The highest BCUT2D eigenvalue weighted by atomic mass is 32.1. The predicted molar refractivity (Wildman–Crippen MR) is 120 cm³/mol. The largest absolute Gasteiger partial charge is 0.291 e. The topological polar surface area (TPSA) is 41.4 Å². The second-order valence-electron chi connectivity index (χ2n) is 6.78. The van der Waals surface area contributed by atoms with Crippen LogP contribution in [0.3, 0.4) is 0 Å². The molecule has 4 nitrogen and oxygen atoms in total. The zero-order valence-corrected chi connectivity index (χ0v) is 17.7. The highest BCUT2D eigenvalue weighted by molar-refractivity contribution is 7.16. The molecule has 28 heavy (non-hydrogen) atoms. The van der Waals surface area contributed by atoms with Crippen molar-refractivity contribution in [1.29, 1.82) is 0 Å². The monoisotopic (exact) mass is 406 g/mol. The highest BCUT2D eigenvalue weighted by Gasteiger charge is 2.25. The molecule has 0 spiro atoms. The summed E-state index contributed by atoms with van der Waals surface area (Å²) in [7, 11) is 0. The lowest BCUT2D eigenvalue weighted by atomic mass is 10.0. The Morgan fingerprint density at radius 1 is 1.46 bits per heavy atom. The van der Waals surface area contributed by atoms with Gasteiger partial charge in [0.05, 0.1) is 28.0 Å². The van der Waals surface area contributed by atoms with Crippen LogP contribution in [0.4, 0.5) is 0 Å². The van der Waals surface area contributed by atoms with Crippen molar-refractivity contribution in [2.45, 2.75) is 32.9 Å². The lowest BCUT2D eigenvalue weighted by molar-refractivity contribution is 0.193. The second-order valence-corrected chi connectivity index (χ2v) is 8.75. The number of hydrogen-bond acceptors (Lipinski definition) is 6. The van der Waals surface area contributed by atoms with E-state index in [1.165, 1.54) is 20.8 Å². The minimum absolute atomic E-state index is 0.350. The van der Waals surface area contributed by atoms with Crippen LogP contribution >= 0.6 is 22.7 Å². The molecule has 0 fully saturated rings. The van der Waals surface area contributed by atoms with Crippen LogP contribution in [0.1, 0.15) is 41.0 Å². The molecule has 1 aromatic carbocycles. The maximum Gasteiger partial charge on any atom is 0.125 e. The summed E-state index contributed by atoms with van der Waals surface area (Å²) in [6, 6.07) is 7.00. The molecule has 6 heteroatoms. The Bertz CT molecular complexity index is 1080. The van der Waals surface area contributed by atoms with Crippen molar-refractivity contribution in [3.63, 3.8) is 0 Å². The molecule has 1 atom stereocenters. The number of fused-ring (bicyclic) bond motifs is 2. The van der Waals surface area contributed by atoms with E-state index >= 15 is 0 Å². The van der Waals surface area contributed by atoms with Crippen LogP contribution in [0.15, 0.2) is 34.8 Å². The van der Waals surface area contributed by atoms with E-state index in [-0.39, 0.29) is 0 Å². The Balaban J connectivity index is 1.53. The van der Waals surface area contributed by atoms with E-state index in [2.05, 4.69) is 45.9 Å². The van der Waals surface area contributed by atoms with Crippen molar-refractivity contribution in [1.82, 2.24) is 14.9 Å². The van der Waals surface area contributed by atoms with Gasteiger partial charge in [0.25, 0.3) is 0 Å². The van der Waals surface area contributed by atoms with Gasteiger partial charge in [0, 0.05) is 42.2 Å². The fourth-order valence-electron chi connectivity index (χ4n) is 3.46. The molecular weight excluding hydrogens is 384 g/mol. The van der Waals surface area contributed by atoms with Crippen molar-refractivity contribution >= 4 is 44.7 Å². The maximum atomic E-state index is 5.29. The van der Waals surface area contributed by atoms with E-state index in [1.54, 1.807) is 22.7 Å². The van der Waals surface area contributed by atoms with Gasteiger partial charge in [0.15, 0.2) is 0 Å². The first kappa shape index (κ1) is 19.0. The Morgan fingerprint density at radius 2 is 2.36 bits per heavy atom. The number of allylic oxidation sites excluding steroid dienone is 2. The fourth-order valence-corrected chi connectivity index (χ4v) is 5.30. The van der Waals surface area contributed by atoms with Gasteiger partial charge in [-0.15, -0.1) is 29.1 Å². The number of aliphatic imine (C=N–C) groups is 1. The molecule has 0 bridgehead atoms. The molecule has 1 unspecified atom stereocenters. The van der Waals surface area contributed by atoms with Crippen molar-refractivity contribution in [2.24, 2.45) is 4.99 Å². The van der Waals surface area contributed by atoms with Crippen molar-refractivity contribution in [3.8, 4) is 12.3 Å². The van der Waals surface area contributed by atoms with Gasteiger partial charge in [-0.05, 0) is 31.5 Å². The van der Waals surface area contributed by atoms with E-state index in [0.29, 0.717) is 12.6 Å². The summed E-state index contributed by atoms with van der Waals surface area (Å²) in [5.74, 6) is 2.54. The number of terminal acetylenes is 1. The zero-order chi connectivity index (χ0) is 19.5. The van der Waals surface area contributed by atoms with Crippen LogP contribution in [-0.4, -0.2) is 34.2 Å². The van der Waals surface area contributed by atoms with Gasteiger partial charge < -0.3 is 0 Å². The summed E-state index contributed by atoms with van der Waals surface area (Å²) in [5, 5.41) is 1.03. The summed E-state index contributed by atoms with van der Waals surface area (Å²) in [6.45, 7) is 6.65. The molecule has 0 aliphatic carbocycles.